The molecule has 2 aliphatic carbocycles. The summed E-state index contributed by atoms with van der Waals surface area (Å²) >= 11 is -0.894. The van der Waals surface area contributed by atoms with Gasteiger partial charge in [-0.15, -0.1) is 0 Å². The number of nitrogens with two attached hydrogens (primary N) is 1. The number of rotatable bonds is 4. The second kappa shape index (κ2) is 5.01. The normalized spacial score (nSPS) is 21.8. The average molecular weight is 500 g/mol. The molecule has 3 aliphatic rings. The Morgan fingerprint density at radius 2 is 1.70 bits per heavy atom. The summed E-state index contributed by atoms with van der Waals surface area (Å²) in [5.74, 6) is 1.19. The van der Waals surface area contributed by atoms with Gasteiger partial charge >= 0.3 is 137 Å². The summed E-state index contributed by atoms with van der Waals surface area (Å²) in [4.78, 5) is 25.3. The first kappa shape index (κ1) is 13.6. The van der Waals surface area contributed by atoms with Crippen LogP contribution in [0.4, 0.5) is 0 Å². The molecule has 0 atom stereocenters. The van der Waals surface area contributed by atoms with Crippen molar-refractivity contribution in [2.24, 2.45) is 17.6 Å². The Labute approximate surface area is 136 Å². The van der Waals surface area contributed by atoms with Crippen LogP contribution in [0.15, 0.2) is 9.59 Å². The van der Waals surface area contributed by atoms with Crippen LogP contribution < -0.4 is 38.2 Å². The second-order valence-corrected chi connectivity index (χ2v) is 13.3. The predicted octanol–water partition coefficient (Wildman–Crippen LogP) is -2.71. The number of nitrogens with zero attached hydrogens (tertiary/aromatic N) is 2. The summed E-state index contributed by atoms with van der Waals surface area (Å²) in [6.07, 6.45) is 4.74. The monoisotopic (exact) mass is 500 g/mol. The average Bonchev–Trinajstić information content (AvgIpc) is 3.31. The summed E-state index contributed by atoms with van der Waals surface area (Å²) in [6.45, 7) is 1.43. The summed E-state index contributed by atoms with van der Waals surface area (Å²) in [5, 5.41) is 0. The van der Waals surface area contributed by atoms with Crippen molar-refractivity contribution in [1.29, 1.82) is 0 Å². The van der Waals surface area contributed by atoms with E-state index in [0.29, 0.717) is 18.4 Å². The van der Waals surface area contributed by atoms with Crippen molar-refractivity contribution in [2.45, 2.75) is 38.8 Å². The second-order valence-electron chi connectivity index (χ2n) is 5.78. The van der Waals surface area contributed by atoms with E-state index in [0.717, 1.165) is 28.3 Å². The molecule has 0 bridgehead atoms. The van der Waals surface area contributed by atoms with Crippen molar-refractivity contribution in [3.05, 3.63) is 28.1 Å². The molecule has 1 aliphatic heterocycles. The van der Waals surface area contributed by atoms with E-state index in [2.05, 4.69) is 0 Å². The van der Waals surface area contributed by atoms with Gasteiger partial charge in [0.2, 0.25) is 0 Å². The molecule has 0 aromatic carbocycles. The molecular formula is C13H16I2N3O2-. The van der Waals surface area contributed by atoms with Crippen molar-refractivity contribution in [2.75, 3.05) is 0 Å². The summed E-state index contributed by atoms with van der Waals surface area (Å²) in [7, 11) is 0. The molecule has 2 heterocycles. The molecule has 110 valence electrons. The molecule has 20 heavy (non-hydrogen) atoms. The van der Waals surface area contributed by atoms with Gasteiger partial charge in [0.25, 0.3) is 0 Å². The minimum absolute atomic E-state index is 0.0168. The molecule has 0 spiro atoms. The van der Waals surface area contributed by atoms with Crippen LogP contribution in [0.3, 0.4) is 0 Å². The maximum absolute atomic E-state index is 12.7. The third kappa shape index (κ3) is 2.45. The number of hydrogen-bond donors (Lipinski definition) is 1. The molecule has 0 radical (unpaired) electrons. The summed E-state index contributed by atoms with van der Waals surface area (Å²) < 4.78 is 6.44. The zero-order chi connectivity index (χ0) is 13.9. The van der Waals surface area contributed by atoms with Gasteiger partial charge in [0, 0.05) is 0 Å². The Kier molecular flexibility index (Phi) is 3.41. The SMILES string of the molecule is NC1=Ic2c(n(CC3CC3)c(=O)n(CC3CC3)c2=O)[I-]1. The Morgan fingerprint density at radius 1 is 1.10 bits per heavy atom. The van der Waals surface area contributed by atoms with E-state index in [1.165, 1.54) is 17.4 Å². The first-order chi connectivity index (χ1) is 9.63. The quantitative estimate of drug-likeness (QED) is 0.278. The van der Waals surface area contributed by atoms with Crippen LogP contribution >= 0.6 is 20.7 Å². The van der Waals surface area contributed by atoms with Crippen LogP contribution in [0.2, 0.25) is 0 Å². The fourth-order valence-electron chi connectivity index (χ4n) is 2.44. The molecule has 2 fully saturated rings. The van der Waals surface area contributed by atoms with Crippen molar-refractivity contribution in [3.63, 3.8) is 0 Å². The topological polar surface area (TPSA) is 70.0 Å². The molecule has 2 saturated carbocycles. The van der Waals surface area contributed by atoms with Crippen LogP contribution in [-0.4, -0.2) is 10.8 Å². The maximum atomic E-state index is 12.7. The number of aromatic nitrogens is 2. The van der Waals surface area contributed by atoms with Crippen molar-refractivity contribution in [3.8, 4) is 0 Å². The van der Waals surface area contributed by atoms with E-state index in [4.69, 9.17) is 5.73 Å². The van der Waals surface area contributed by atoms with Gasteiger partial charge < -0.3 is 0 Å². The van der Waals surface area contributed by atoms with E-state index in [1.807, 2.05) is 4.57 Å². The summed E-state index contributed by atoms with van der Waals surface area (Å²) in [6, 6.07) is 0. The van der Waals surface area contributed by atoms with E-state index >= 15 is 0 Å². The molecule has 5 nitrogen and oxygen atoms in total. The fourth-order valence-corrected chi connectivity index (χ4v) is 10.5. The van der Waals surface area contributed by atoms with E-state index in [9.17, 15) is 9.59 Å². The molecule has 1 aromatic heterocycles. The summed E-state index contributed by atoms with van der Waals surface area (Å²) in [5.41, 5.74) is 5.95. The molecule has 0 saturated heterocycles. The van der Waals surface area contributed by atoms with Gasteiger partial charge in [0.05, 0.1) is 0 Å². The Hall–Kier alpha value is -0.0300. The molecule has 0 unspecified atom stereocenters. The molecular weight excluding hydrogens is 484 g/mol. The number of halogens is 2. The van der Waals surface area contributed by atoms with Crippen LogP contribution in [0.5, 0.6) is 0 Å². The van der Waals surface area contributed by atoms with Gasteiger partial charge in [-0.1, -0.05) is 0 Å². The zero-order valence-electron chi connectivity index (χ0n) is 10.9. The standard InChI is InChI=1S/C13H16I2N3O2/c16-12-14-9-10(15-12)17(5-7-1-2-7)13(20)18(11(9)19)6-8-3-4-8/h7-8H,1-6,16H2/q-1. The Balaban J connectivity index is 1.87. The van der Waals surface area contributed by atoms with Gasteiger partial charge in [-0.3, -0.25) is 0 Å². The van der Waals surface area contributed by atoms with Crippen LogP contribution in [0.1, 0.15) is 25.7 Å². The van der Waals surface area contributed by atoms with Crippen LogP contribution in [0, 0.1) is 19.1 Å². The van der Waals surface area contributed by atoms with Gasteiger partial charge in [0.15, 0.2) is 0 Å². The van der Waals surface area contributed by atoms with Gasteiger partial charge in [-0.05, 0) is 0 Å². The number of fused-ring (bicyclic) bond motifs is 1. The third-order valence-corrected chi connectivity index (χ3v) is 11.9. The van der Waals surface area contributed by atoms with Crippen LogP contribution in [-0.2, 0) is 13.1 Å². The first-order valence-corrected chi connectivity index (χ1v) is 11.2. The Morgan fingerprint density at radius 3 is 2.30 bits per heavy atom. The van der Waals surface area contributed by atoms with Crippen LogP contribution in [0.25, 0.3) is 0 Å². The Bertz CT molecular complexity index is 726. The van der Waals surface area contributed by atoms with Crippen molar-refractivity contribution in [1.82, 2.24) is 9.13 Å². The predicted molar refractivity (Wildman–Crippen MR) is 81.0 cm³/mol. The minimum atomic E-state index is -0.469. The van der Waals surface area contributed by atoms with E-state index in [-0.39, 0.29) is 11.2 Å². The molecule has 7 heteroatoms. The molecule has 0 amide bonds. The molecule has 4 rings (SSSR count). The van der Waals surface area contributed by atoms with Gasteiger partial charge in [0.1, 0.15) is 0 Å². The molecule has 2 N–H and O–H groups in total. The third-order valence-electron chi connectivity index (χ3n) is 3.95. The van der Waals surface area contributed by atoms with E-state index in [1.54, 1.807) is 0 Å². The van der Waals surface area contributed by atoms with Crippen molar-refractivity contribution >= 4 is 22.4 Å². The van der Waals surface area contributed by atoms with Gasteiger partial charge in [-0.2, -0.15) is 0 Å². The molecule has 1 aromatic rings. The van der Waals surface area contributed by atoms with Gasteiger partial charge in [-0.25, -0.2) is 0 Å². The van der Waals surface area contributed by atoms with E-state index < -0.39 is 41.9 Å². The number of hydrogen-bond acceptors (Lipinski definition) is 3. The van der Waals surface area contributed by atoms with Crippen molar-refractivity contribution < 1.29 is 21.2 Å². The zero-order valence-corrected chi connectivity index (χ0v) is 15.3. The first-order valence-electron chi connectivity index (χ1n) is 6.93. The fraction of sp³-hybridized carbons (Fsp3) is 0.615.